The Bertz CT molecular complexity index is 316. The molecule has 3 N–H and O–H groups in total. The minimum absolute atomic E-state index is 0.0605. The van der Waals surface area contributed by atoms with Gasteiger partial charge in [-0.1, -0.05) is 0 Å². The molecule has 0 saturated carbocycles. The van der Waals surface area contributed by atoms with Crippen LogP contribution in [-0.4, -0.2) is 65.1 Å². The molecule has 0 spiro atoms. The van der Waals surface area contributed by atoms with Crippen LogP contribution in [0.25, 0.3) is 0 Å². The number of carbonyl (C=O) groups excluding carboxylic acids is 1. The highest BCUT2D eigenvalue weighted by Gasteiger charge is 2.39. The molecule has 2 aliphatic rings. The lowest BCUT2D eigenvalue weighted by Gasteiger charge is -2.23. The summed E-state index contributed by atoms with van der Waals surface area (Å²) < 4.78 is 5.12. The molecule has 0 radical (unpaired) electrons. The summed E-state index contributed by atoms with van der Waals surface area (Å²) in [5, 5.41) is 21.1. The zero-order valence-electron chi connectivity index (χ0n) is 9.33. The Morgan fingerprint density at radius 2 is 2.18 bits per heavy atom. The van der Waals surface area contributed by atoms with Crippen molar-refractivity contribution in [2.45, 2.75) is 31.0 Å². The first-order valence-electron chi connectivity index (χ1n) is 5.63. The Morgan fingerprint density at radius 3 is 2.76 bits per heavy atom. The molecule has 0 aromatic heterocycles. The highest BCUT2D eigenvalue weighted by atomic mass is 16.5. The van der Waals surface area contributed by atoms with Gasteiger partial charge in [0, 0.05) is 19.6 Å². The summed E-state index contributed by atoms with van der Waals surface area (Å²) in [6.07, 6.45) is 0.0609. The maximum atomic E-state index is 11.8. The predicted octanol–water partition coefficient (Wildman–Crippen LogP) is -0.995. The van der Waals surface area contributed by atoms with Crippen molar-refractivity contribution in [2.24, 2.45) is 0 Å². The van der Waals surface area contributed by atoms with Gasteiger partial charge >= 0.3 is 12.0 Å². The largest absolute Gasteiger partial charge is 0.480 e. The van der Waals surface area contributed by atoms with E-state index in [9.17, 15) is 14.7 Å². The second-order valence-corrected chi connectivity index (χ2v) is 4.41. The van der Waals surface area contributed by atoms with Gasteiger partial charge in [0.2, 0.25) is 0 Å². The Hall–Kier alpha value is -1.34. The number of aliphatic hydroxyl groups is 1. The number of amides is 2. The summed E-state index contributed by atoms with van der Waals surface area (Å²) in [5.74, 6) is -1.08. The Kier molecular flexibility index (Phi) is 3.49. The predicted molar refractivity (Wildman–Crippen MR) is 56.5 cm³/mol. The van der Waals surface area contributed by atoms with Gasteiger partial charge in [-0.05, 0) is 6.42 Å². The first-order valence-corrected chi connectivity index (χ1v) is 5.63. The Balaban J connectivity index is 1.94. The van der Waals surface area contributed by atoms with Crippen molar-refractivity contribution in [1.29, 1.82) is 0 Å². The summed E-state index contributed by atoms with van der Waals surface area (Å²) in [6, 6.07) is -1.44. The molecular weight excluding hydrogens is 228 g/mol. The number of carbonyl (C=O) groups is 2. The lowest BCUT2D eigenvalue weighted by atomic mass is 10.2. The van der Waals surface area contributed by atoms with Crippen LogP contribution in [0.5, 0.6) is 0 Å². The van der Waals surface area contributed by atoms with E-state index in [1.54, 1.807) is 0 Å². The van der Waals surface area contributed by atoms with Gasteiger partial charge in [-0.15, -0.1) is 0 Å². The number of nitrogens with one attached hydrogen (secondary N) is 1. The van der Waals surface area contributed by atoms with Crippen LogP contribution >= 0.6 is 0 Å². The molecule has 7 heteroatoms. The zero-order valence-corrected chi connectivity index (χ0v) is 9.33. The molecule has 0 aromatic rings. The van der Waals surface area contributed by atoms with Gasteiger partial charge < -0.3 is 25.2 Å². The summed E-state index contributed by atoms with van der Waals surface area (Å²) in [4.78, 5) is 24.0. The molecule has 0 bridgehead atoms. The molecule has 2 heterocycles. The van der Waals surface area contributed by atoms with E-state index in [2.05, 4.69) is 5.32 Å². The van der Waals surface area contributed by atoms with E-state index in [0.717, 1.165) is 6.42 Å². The average molecular weight is 244 g/mol. The van der Waals surface area contributed by atoms with E-state index >= 15 is 0 Å². The van der Waals surface area contributed by atoms with Gasteiger partial charge in [0.25, 0.3) is 0 Å². The fraction of sp³-hybridized carbons (Fsp3) is 0.800. The van der Waals surface area contributed by atoms with Crippen LogP contribution < -0.4 is 5.32 Å². The number of aliphatic hydroxyl groups excluding tert-OH is 1. The number of aliphatic carboxylic acids is 1. The number of hydrogen-bond acceptors (Lipinski definition) is 4. The first-order chi connectivity index (χ1) is 8.08. The molecular formula is C10H16N2O5. The Morgan fingerprint density at radius 1 is 1.41 bits per heavy atom. The summed E-state index contributed by atoms with van der Waals surface area (Å²) in [6.45, 7) is 1.13. The maximum absolute atomic E-state index is 11.8. The van der Waals surface area contributed by atoms with Crippen LogP contribution in [0.4, 0.5) is 4.79 Å². The minimum atomic E-state index is -1.08. The third kappa shape index (κ3) is 2.67. The van der Waals surface area contributed by atoms with Gasteiger partial charge in [-0.3, -0.25) is 0 Å². The van der Waals surface area contributed by atoms with E-state index in [1.807, 2.05) is 0 Å². The van der Waals surface area contributed by atoms with Crippen LogP contribution in [0, 0.1) is 0 Å². The Labute approximate surface area is 98.3 Å². The molecule has 0 aromatic carbocycles. The fourth-order valence-corrected chi connectivity index (χ4v) is 2.18. The number of carboxylic acid groups (broad SMARTS) is 1. The standard InChI is InChI=1S/C10H16N2O5/c13-7-3-8(9(14)15)12(4-7)10(16)11-6-1-2-17-5-6/h6-8,13H,1-5H2,(H,11,16)(H,14,15)/t6?,7-,8+/m1/s1. The molecule has 2 amide bonds. The fourth-order valence-electron chi connectivity index (χ4n) is 2.18. The van der Waals surface area contributed by atoms with Crippen molar-refractivity contribution in [1.82, 2.24) is 10.2 Å². The monoisotopic (exact) mass is 244 g/mol. The number of nitrogens with zero attached hydrogens (tertiary/aromatic N) is 1. The third-order valence-corrected chi connectivity index (χ3v) is 3.08. The lowest BCUT2D eigenvalue weighted by Crippen LogP contribution is -2.49. The summed E-state index contributed by atoms with van der Waals surface area (Å²) in [5.41, 5.74) is 0. The van der Waals surface area contributed by atoms with Crippen LogP contribution in [0.2, 0.25) is 0 Å². The molecule has 17 heavy (non-hydrogen) atoms. The number of likely N-dealkylation sites (tertiary alicyclic amines) is 1. The molecule has 3 atom stereocenters. The van der Waals surface area contributed by atoms with Crippen LogP contribution in [-0.2, 0) is 9.53 Å². The van der Waals surface area contributed by atoms with Crippen molar-refractivity contribution in [3.05, 3.63) is 0 Å². The van der Waals surface area contributed by atoms with Crippen LogP contribution in [0.15, 0.2) is 0 Å². The maximum Gasteiger partial charge on any atom is 0.326 e. The topological polar surface area (TPSA) is 99.1 Å². The van der Waals surface area contributed by atoms with Gasteiger partial charge in [0.15, 0.2) is 0 Å². The van der Waals surface area contributed by atoms with Gasteiger partial charge in [-0.2, -0.15) is 0 Å². The van der Waals surface area contributed by atoms with E-state index < -0.39 is 24.1 Å². The van der Waals surface area contributed by atoms with Crippen molar-refractivity contribution < 1.29 is 24.5 Å². The average Bonchev–Trinajstić information content (AvgIpc) is 2.86. The first kappa shape index (κ1) is 12.1. The normalized spacial score (nSPS) is 32.8. The molecule has 0 aliphatic carbocycles. The van der Waals surface area contributed by atoms with Crippen molar-refractivity contribution in [2.75, 3.05) is 19.8 Å². The molecule has 2 fully saturated rings. The second-order valence-electron chi connectivity index (χ2n) is 4.41. The zero-order chi connectivity index (χ0) is 12.4. The molecule has 7 nitrogen and oxygen atoms in total. The third-order valence-electron chi connectivity index (χ3n) is 3.08. The van der Waals surface area contributed by atoms with Crippen molar-refractivity contribution >= 4 is 12.0 Å². The number of ether oxygens (including phenoxy) is 1. The number of urea groups is 1. The van der Waals surface area contributed by atoms with Crippen LogP contribution in [0.3, 0.4) is 0 Å². The summed E-state index contributed by atoms with van der Waals surface area (Å²) >= 11 is 0. The minimum Gasteiger partial charge on any atom is -0.480 e. The number of rotatable bonds is 2. The SMILES string of the molecule is O=C(O)[C@@H]1C[C@@H](O)CN1C(=O)NC1CCOC1. The number of hydrogen-bond donors (Lipinski definition) is 3. The van der Waals surface area contributed by atoms with E-state index in [-0.39, 0.29) is 19.0 Å². The molecule has 96 valence electrons. The molecule has 2 aliphatic heterocycles. The molecule has 1 unspecified atom stereocenters. The van der Waals surface area contributed by atoms with E-state index in [1.165, 1.54) is 4.90 Å². The smallest absolute Gasteiger partial charge is 0.326 e. The number of carboxylic acids is 1. The second kappa shape index (κ2) is 4.89. The van der Waals surface area contributed by atoms with E-state index in [0.29, 0.717) is 13.2 Å². The highest BCUT2D eigenvalue weighted by molar-refractivity contribution is 5.83. The van der Waals surface area contributed by atoms with Gasteiger partial charge in [0.1, 0.15) is 6.04 Å². The van der Waals surface area contributed by atoms with Gasteiger partial charge in [0.05, 0.1) is 18.8 Å². The lowest BCUT2D eigenvalue weighted by molar-refractivity contribution is -0.141. The molecule has 2 rings (SSSR count). The van der Waals surface area contributed by atoms with Gasteiger partial charge in [-0.25, -0.2) is 9.59 Å². The molecule has 2 saturated heterocycles. The van der Waals surface area contributed by atoms with Crippen molar-refractivity contribution in [3.63, 3.8) is 0 Å². The van der Waals surface area contributed by atoms with Crippen LogP contribution in [0.1, 0.15) is 12.8 Å². The van der Waals surface area contributed by atoms with E-state index in [4.69, 9.17) is 9.84 Å². The highest BCUT2D eigenvalue weighted by Crippen LogP contribution is 2.18. The summed E-state index contributed by atoms with van der Waals surface area (Å²) in [7, 11) is 0. The number of β-amino-alcohol motifs (C(OH)–C–C–N with tert-alkyl or cyclic N) is 1. The quantitative estimate of drug-likeness (QED) is 0.579. The van der Waals surface area contributed by atoms with Crippen molar-refractivity contribution in [3.8, 4) is 0 Å².